The van der Waals surface area contributed by atoms with Crippen LogP contribution in [0.15, 0.2) is 36.4 Å². The zero-order valence-corrected chi connectivity index (χ0v) is 13.2. The minimum Gasteiger partial charge on any atom is -0.496 e. The molecule has 0 saturated carbocycles. The molecular weight excluding hydrogens is 320 g/mol. The number of Topliss-reactive ketones (excluding diaryl/α,β-unsaturated/α-hetero) is 1. The van der Waals surface area contributed by atoms with Gasteiger partial charge in [0, 0.05) is 29.5 Å². The van der Waals surface area contributed by atoms with Gasteiger partial charge in [0.15, 0.2) is 0 Å². The van der Waals surface area contributed by atoms with Crippen LogP contribution in [0.5, 0.6) is 5.75 Å². The molecule has 0 radical (unpaired) electrons. The number of carbonyl (C=O) groups excluding carboxylic acids is 1. The van der Waals surface area contributed by atoms with E-state index in [-0.39, 0.29) is 30.0 Å². The Morgan fingerprint density at radius 1 is 1.26 bits per heavy atom. The van der Waals surface area contributed by atoms with Gasteiger partial charge in [-0.1, -0.05) is 17.7 Å². The molecule has 0 aromatic heterocycles. The summed E-state index contributed by atoms with van der Waals surface area (Å²) in [6.07, 6.45) is 0.193. The highest BCUT2D eigenvalue weighted by molar-refractivity contribution is 6.30. The average Bonchev–Trinajstić information content (AvgIpc) is 2.49. The fraction of sp³-hybridized carbons (Fsp3) is 0.188. The molecule has 0 heterocycles. The summed E-state index contributed by atoms with van der Waals surface area (Å²) in [6.45, 7) is 0. The first-order valence-corrected chi connectivity index (χ1v) is 7.15. The maximum atomic E-state index is 12.2. The molecule has 2 N–H and O–H groups in total. The smallest absolute Gasteiger partial charge is 0.292 e. The molecule has 0 aliphatic carbocycles. The fourth-order valence-electron chi connectivity index (χ4n) is 2.25. The lowest BCUT2D eigenvalue weighted by Gasteiger charge is -2.08. The van der Waals surface area contributed by atoms with Crippen molar-refractivity contribution < 1.29 is 14.5 Å². The minimum atomic E-state index is -0.566. The lowest BCUT2D eigenvalue weighted by Crippen LogP contribution is -2.08. The summed E-state index contributed by atoms with van der Waals surface area (Å²) in [5, 5.41) is 11.4. The van der Waals surface area contributed by atoms with Gasteiger partial charge < -0.3 is 10.5 Å². The number of ketones is 1. The number of nitrogens with two attached hydrogens (primary N) is 1. The molecular formula is C16H15ClN2O4. The SMILES string of the molecule is COc1ccc(Cl)cc1CC(=O)Cc1ccc(N)c([N+](=O)[O-])c1. The minimum absolute atomic E-state index is 0.0663. The van der Waals surface area contributed by atoms with Crippen LogP contribution in [0.1, 0.15) is 11.1 Å². The highest BCUT2D eigenvalue weighted by atomic mass is 35.5. The van der Waals surface area contributed by atoms with E-state index in [1.54, 1.807) is 24.3 Å². The quantitative estimate of drug-likeness (QED) is 0.497. The van der Waals surface area contributed by atoms with Crippen molar-refractivity contribution in [3.8, 4) is 5.75 Å². The first kappa shape index (κ1) is 16.8. The molecule has 7 heteroatoms. The number of anilines is 1. The number of nitrogens with zero attached hydrogens (tertiary/aromatic N) is 1. The van der Waals surface area contributed by atoms with Crippen LogP contribution in [0, 0.1) is 10.1 Å². The maximum Gasteiger partial charge on any atom is 0.292 e. The van der Waals surface area contributed by atoms with Crippen molar-refractivity contribution >= 4 is 28.8 Å². The number of benzene rings is 2. The molecule has 2 rings (SSSR count). The van der Waals surface area contributed by atoms with Gasteiger partial charge >= 0.3 is 0 Å². The van der Waals surface area contributed by atoms with E-state index in [2.05, 4.69) is 0 Å². The molecule has 0 spiro atoms. The van der Waals surface area contributed by atoms with Crippen LogP contribution < -0.4 is 10.5 Å². The predicted octanol–water partition coefficient (Wildman–Crippen LogP) is 3.19. The summed E-state index contributed by atoms with van der Waals surface area (Å²) in [5.41, 5.74) is 6.63. The number of ether oxygens (including phenoxy) is 1. The monoisotopic (exact) mass is 334 g/mol. The fourth-order valence-corrected chi connectivity index (χ4v) is 2.44. The van der Waals surface area contributed by atoms with E-state index in [1.165, 1.54) is 19.2 Å². The number of nitro groups is 1. The van der Waals surface area contributed by atoms with Gasteiger partial charge in [-0.15, -0.1) is 0 Å². The predicted molar refractivity (Wildman–Crippen MR) is 87.9 cm³/mol. The van der Waals surface area contributed by atoms with Gasteiger partial charge in [0.05, 0.1) is 12.0 Å². The Labute approximate surface area is 138 Å². The van der Waals surface area contributed by atoms with Crippen molar-refractivity contribution in [1.29, 1.82) is 0 Å². The van der Waals surface area contributed by atoms with E-state index in [0.717, 1.165) is 0 Å². The Hall–Kier alpha value is -2.60. The molecule has 0 saturated heterocycles. The van der Waals surface area contributed by atoms with E-state index in [1.807, 2.05) is 0 Å². The lowest BCUT2D eigenvalue weighted by molar-refractivity contribution is -0.383. The van der Waals surface area contributed by atoms with Crippen molar-refractivity contribution in [2.45, 2.75) is 12.8 Å². The first-order valence-electron chi connectivity index (χ1n) is 6.77. The molecule has 2 aromatic carbocycles. The molecule has 0 bridgehead atoms. The van der Waals surface area contributed by atoms with Crippen LogP contribution in [-0.4, -0.2) is 17.8 Å². The molecule has 6 nitrogen and oxygen atoms in total. The Bertz CT molecular complexity index is 762. The zero-order chi connectivity index (χ0) is 17.0. The summed E-state index contributed by atoms with van der Waals surface area (Å²) in [4.78, 5) is 22.5. The molecule has 0 aliphatic rings. The third-order valence-corrected chi connectivity index (χ3v) is 3.56. The molecule has 0 unspecified atom stereocenters. The van der Waals surface area contributed by atoms with Crippen LogP contribution in [-0.2, 0) is 17.6 Å². The van der Waals surface area contributed by atoms with E-state index in [9.17, 15) is 14.9 Å². The summed E-state index contributed by atoms with van der Waals surface area (Å²) < 4.78 is 5.20. The van der Waals surface area contributed by atoms with Gasteiger partial charge in [0.25, 0.3) is 5.69 Å². The largest absolute Gasteiger partial charge is 0.496 e. The molecule has 0 amide bonds. The van der Waals surface area contributed by atoms with Gasteiger partial charge in [-0.2, -0.15) is 0 Å². The van der Waals surface area contributed by atoms with Crippen molar-refractivity contribution in [1.82, 2.24) is 0 Å². The Balaban J connectivity index is 2.16. The van der Waals surface area contributed by atoms with Crippen LogP contribution in [0.2, 0.25) is 5.02 Å². The van der Waals surface area contributed by atoms with E-state index < -0.39 is 4.92 Å². The van der Waals surface area contributed by atoms with E-state index in [4.69, 9.17) is 22.1 Å². The summed E-state index contributed by atoms with van der Waals surface area (Å²) in [7, 11) is 1.51. The maximum absolute atomic E-state index is 12.2. The van der Waals surface area contributed by atoms with Crippen molar-refractivity contribution in [3.63, 3.8) is 0 Å². The molecule has 0 fully saturated rings. The molecule has 23 heavy (non-hydrogen) atoms. The van der Waals surface area contributed by atoms with Crippen LogP contribution in [0.4, 0.5) is 11.4 Å². The highest BCUT2D eigenvalue weighted by Crippen LogP contribution is 2.25. The number of hydrogen-bond acceptors (Lipinski definition) is 5. The second kappa shape index (κ2) is 7.11. The van der Waals surface area contributed by atoms with Crippen LogP contribution >= 0.6 is 11.6 Å². The molecule has 0 aliphatic heterocycles. The van der Waals surface area contributed by atoms with Gasteiger partial charge in [-0.05, 0) is 29.8 Å². The average molecular weight is 335 g/mol. The number of carbonyl (C=O) groups is 1. The van der Waals surface area contributed by atoms with Crippen molar-refractivity contribution in [2.75, 3.05) is 12.8 Å². The first-order chi connectivity index (χ1) is 10.9. The Kier molecular flexibility index (Phi) is 5.18. The second-order valence-electron chi connectivity index (χ2n) is 5.00. The van der Waals surface area contributed by atoms with Gasteiger partial charge in [-0.3, -0.25) is 14.9 Å². The summed E-state index contributed by atoms with van der Waals surface area (Å²) in [5.74, 6) is 0.468. The number of nitro benzene ring substituents is 1. The number of methoxy groups -OCH3 is 1. The lowest BCUT2D eigenvalue weighted by atomic mass is 10.0. The van der Waals surface area contributed by atoms with Crippen LogP contribution in [0.25, 0.3) is 0 Å². The normalized spacial score (nSPS) is 10.3. The van der Waals surface area contributed by atoms with E-state index >= 15 is 0 Å². The number of nitrogen functional groups attached to an aromatic ring is 1. The number of rotatable bonds is 6. The van der Waals surface area contributed by atoms with Gasteiger partial charge in [0.2, 0.25) is 0 Å². The molecule has 120 valence electrons. The number of hydrogen-bond donors (Lipinski definition) is 1. The van der Waals surface area contributed by atoms with Crippen LogP contribution in [0.3, 0.4) is 0 Å². The van der Waals surface area contributed by atoms with E-state index in [0.29, 0.717) is 21.9 Å². The third-order valence-electron chi connectivity index (χ3n) is 3.32. The van der Waals surface area contributed by atoms with Crippen molar-refractivity contribution in [2.24, 2.45) is 0 Å². The van der Waals surface area contributed by atoms with Crippen molar-refractivity contribution in [3.05, 3.63) is 62.7 Å². The highest BCUT2D eigenvalue weighted by Gasteiger charge is 2.15. The second-order valence-corrected chi connectivity index (χ2v) is 5.44. The zero-order valence-electron chi connectivity index (χ0n) is 12.4. The Morgan fingerprint density at radius 2 is 2.00 bits per heavy atom. The topological polar surface area (TPSA) is 95.5 Å². The van der Waals surface area contributed by atoms with Gasteiger partial charge in [-0.25, -0.2) is 0 Å². The molecule has 0 atom stereocenters. The summed E-state index contributed by atoms with van der Waals surface area (Å²) >= 11 is 5.93. The number of halogens is 1. The standard InChI is InChI=1S/C16H15ClN2O4/c1-23-16-5-3-12(17)8-11(16)9-13(20)6-10-2-4-14(18)15(7-10)19(21)22/h2-5,7-8H,6,9,18H2,1H3. The molecule has 2 aromatic rings. The summed E-state index contributed by atoms with van der Waals surface area (Å²) in [6, 6.07) is 9.40. The third kappa shape index (κ3) is 4.20. The Morgan fingerprint density at radius 3 is 2.65 bits per heavy atom. The van der Waals surface area contributed by atoms with Gasteiger partial charge in [0.1, 0.15) is 17.2 Å².